The minimum Gasteiger partial charge on any atom is -0.353 e. The normalized spacial score (nSPS) is 26.6. The van der Waals surface area contributed by atoms with Gasteiger partial charge in [-0.3, -0.25) is 4.99 Å². The van der Waals surface area contributed by atoms with Crippen LogP contribution < -0.4 is 0 Å². The molecule has 2 fully saturated rings. The second-order valence-electron chi connectivity index (χ2n) is 6.43. The monoisotopic (exact) mass is 295 g/mol. The second-order valence-corrected chi connectivity index (χ2v) is 6.43. The molecule has 3 nitrogen and oxygen atoms in total. The van der Waals surface area contributed by atoms with Crippen LogP contribution in [-0.4, -0.2) is 31.3 Å². The van der Waals surface area contributed by atoms with E-state index in [9.17, 15) is 0 Å². The van der Waals surface area contributed by atoms with Crippen LogP contribution >= 0.6 is 0 Å². The lowest BCUT2D eigenvalue weighted by atomic mass is 9.84. The van der Waals surface area contributed by atoms with Gasteiger partial charge in [0, 0.05) is 37.3 Å². The van der Waals surface area contributed by atoms with E-state index in [2.05, 4.69) is 0 Å². The topological polar surface area (TPSA) is 30.8 Å². The summed E-state index contributed by atoms with van der Waals surface area (Å²) in [4.78, 5) is 5.16. The van der Waals surface area contributed by atoms with E-state index in [0.29, 0.717) is 12.0 Å². The Morgan fingerprint density at radius 3 is 2.29 bits per heavy atom. The highest BCUT2D eigenvalue weighted by Crippen LogP contribution is 2.29. The number of nitrogens with zero attached hydrogens (tertiary/aromatic N) is 1. The molecule has 0 aromatic heterocycles. The summed E-state index contributed by atoms with van der Waals surface area (Å²) >= 11 is 0. The highest BCUT2D eigenvalue weighted by Gasteiger charge is 2.26. The molecule has 1 unspecified atom stereocenters. The SMILES string of the molecule is CCOC(CC1CCCCC1=NC1CCCCC1)OCC. The average Bonchev–Trinajstić information content (AvgIpc) is 2.51. The Morgan fingerprint density at radius 2 is 1.62 bits per heavy atom. The lowest BCUT2D eigenvalue weighted by Gasteiger charge is -2.29. The van der Waals surface area contributed by atoms with E-state index in [0.717, 1.165) is 19.6 Å². The van der Waals surface area contributed by atoms with Crippen molar-refractivity contribution in [1.29, 1.82) is 0 Å². The summed E-state index contributed by atoms with van der Waals surface area (Å²) in [6.45, 7) is 5.55. The molecule has 2 rings (SSSR count). The van der Waals surface area contributed by atoms with Crippen LogP contribution in [0, 0.1) is 5.92 Å². The number of hydrogen-bond donors (Lipinski definition) is 0. The van der Waals surface area contributed by atoms with Gasteiger partial charge in [-0.05, 0) is 46.0 Å². The Morgan fingerprint density at radius 1 is 0.952 bits per heavy atom. The van der Waals surface area contributed by atoms with Gasteiger partial charge < -0.3 is 9.47 Å². The summed E-state index contributed by atoms with van der Waals surface area (Å²) in [6.07, 6.45) is 12.8. The maximum Gasteiger partial charge on any atom is 0.158 e. The Kier molecular flexibility index (Phi) is 7.73. The van der Waals surface area contributed by atoms with E-state index < -0.39 is 0 Å². The van der Waals surface area contributed by atoms with Crippen molar-refractivity contribution in [3.63, 3.8) is 0 Å². The zero-order chi connectivity index (χ0) is 14.9. The third-order valence-electron chi connectivity index (χ3n) is 4.81. The first-order valence-electron chi connectivity index (χ1n) is 9.13. The van der Waals surface area contributed by atoms with Crippen LogP contribution in [0.25, 0.3) is 0 Å². The fraction of sp³-hybridized carbons (Fsp3) is 0.944. The van der Waals surface area contributed by atoms with Crippen molar-refractivity contribution in [1.82, 2.24) is 0 Å². The first kappa shape index (κ1) is 17.0. The summed E-state index contributed by atoms with van der Waals surface area (Å²) < 4.78 is 11.5. The first-order valence-corrected chi connectivity index (χ1v) is 9.13. The van der Waals surface area contributed by atoms with Crippen LogP contribution in [0.15, 0.2) is 4.99 Å². The largest absolute Gasteiger partial charge is 0.353 e. The predicted molar refractivity (Wildman–Crippen MR) is 87.9 cm³/mol. The van der Waals surface area contributed by atoms with Crippen LogP contribution in [0.4, 0.5) is 0 Å². The highest BCUT2D eigenvalue weighted by molar-refractivity contribution is 5.87. The number of aliphatic imine (C=N–C) groups is 1. The molecule has 0 amide bonds. The maximum absolute atomic E-state index is 5.75. The molecule has 2 aliphatic rings. The predicted octanol–water partition coefficient (Wildman–Crippen LogP) is 4.74. The van der Waals surface area contributed by atoms with E-state index in [1.54, 1.807) is 0 Å². The van der Waals surface area contributed by atoms with Crippen molar-refractivity contribution in [3.8, 4) is 0 Å². The molecule has 3 heteroatoms. The van der Waals surface area contributed by atoms with Gasteiger partial charge in [-0.2, -0.15) is 0 Å². The van der Waals surface area contributed by atoms with Crippen molar-refractivity contribution in [2.75, 3.05) is 13.2 Å². The molecular weight excluding hydrogens is 262 g/mol. The maximum atomic E-state index is 5.75. The van der Waals surface area contributed by atoms with Crippen molar-refractivity contribution >= 4 is 5.71 Å². The van der Waals surface area contributed by atoms with Crippen molar-refractivity contribution in [3.05, 3.63) is 0 Å². The van der Waals surface area contributed by atoms with Gasteiger partial charge >= 0.3 is 0 Å². The Balaban J connectivity index is 1.94. The number of rotatable bonds is 7. The average molecular weight is 295 g/mol. The molecule has 0 aliphatic heterocycles. The van der Waals surface area contributed by atoms with Crippen LogP contribution in [-0.2, 0) is 9.47 Å². The van der Waals surface area contributed by atoms with E-state index in [1.807, 2.05) is 13.8 Å². The first-order chi connectivity index (χ1) is 10.3. The van der Waals surface area contributed by atoms with Gasteiger partial charge in [-0.1, -0.05) is 25.7 Å². The van der Waals surface area contributed by atoms with E-state index in [-0.39, 0.29) is 6.29 Å². The van der Waals surface area contributed by atoms with Gasteiger partial charge in [0.05, 0.1) is 0 Å². The molecule has 122 valence electrons. The second kappa shape index (κ2) is 9.58. The van der Waals surface area contributed by atoms with E-state index >= 15 is 0 Å². The smallest absolute Gasteiger partial charge is 0.158 e. The zero-order valence-electron chi connectivity index (χ0n) is 14.0. The van der Waals surface area contributed by atoms with Crippen molar-refractivity contribution in [2.24, 2.45) is 10.9 Å². The van der Waals surface area contributed by atoms with E-state index in [4.69, 9.17) is 14.5 Å². The molecule has 21 heavy (non-hydrogen) atoms. The van der Waals surface area contributed by atoms with Crippen molar-refractivity contribution in [2.45, 2.75) is 90.4 Å². The molecular formula is C18H33NO2. The summed E-state index contributed by atoms with van der Waals surface area (Å²) in [5.74, 6) is 0.587. The molecule has 1 atom stereocenters. The van der Waals surface area contributed by atoms with Crippen LogP contribution in [0.1, 0.15) is 78.1 Å². The van der Waals surface area contributed by atoms with Gasteiger partial charge in [0.25, 0.3) is 0 Å². The third kappa shape index (κ3) is 5.71. The molecule has 2 aliphatic carbocycles. The molecule has 0 heterocycles. The molecule has 0 aromatic rings. The fourth-order valence-corrected chi connectivity index (χ4v) is 3.72. The number of hydrogen-bond acceptors (Lipinski definition) is 3. The minimum atomic E-state index is -0.0420. The standard InChI is InChI=1S/C18H33NO2/c1-3-20-18(21-4-2)14-15-10-8-9-13-17(15)19-16-11-6-5-7-12-16/h15-16,18H,3-14H2,1-2H3. The molecule has 0 aromatic carbocycles. The summed E-state index contributed by atoms with van der Waals surface area (Å²) in [5, 5.41) is 0. The van der Waals surface area contributed by atoms with Gasteiger partial charge in [-0.25, -0.2) is 0 Å². The van der Waals surface area contributed by atoms with Gasteiger partial charge in [0.15, 0.2) is 6.29 Å². The third-order valence-corrected chi connectivity index (χ3v) is 4.81. The molecule has 0 saturated heterocycles. The highest BCUT2D eigenvalue weighted by atomic mass is 16.7. The van der Waals surface area contributed by atoms with Crippen LogP contribution in [0.2, 0.25) is 0 Å². The molecule has 0 bridgehead atoms. The fourth-order valence-electron chi connectivity index (χ4n) is 3.72. The summed E-state index contributed by atoms with van der Waals surface area (Å²) in [7, 11) is 0. The molecule has 0 N–H and O–H groups in total. The Bertz CT molecular complexity index is 304. The summed E-state index contributed by atoms with van der Waals surface area (Å²) in [6, 6.07) is 0.604. The van der Waals surface area contributed by atoms with E-state index in [1.165, 1.54) is 63.5 Å². The van der Waals surface area contributed by atoms with Gasteiger partial charge in [0.2, 0.25) is 0 Å². The van der Waals surface area contributed by atoms with Gasteiger partial charge in [0.1, 0.15) is 0 Å². The zero-order valence-corrected chi connectivity index (χ0v) is 14.0. The number of ether oxygens (including phenoxy) is 2. The lowest BCUT2D eigenvalue weighted by molar-refractivity contribution is -0.143. The van der Waals surface area contributed by atoms with Gasteiger partial charge in [-0.15, -0.1) is 0 Å². The molecule has 2 saturated carbocycles. The summed E-state index contributed by atoms with van der Waals surface area (Å²) in [5.41, 5.74) is 1.47. The minimum absolute atomic E-state index is 0.0420. The lowest BCUT2D eigenvalue weighted by Crippen LogP contribution is -2.29. The Labute approximate surface area is 130 Å². The van der Waals surface area contributed by atoms with Crippen molar-refractivity contribution < 1.29 is 9.47 Å². The quantitative estimate of drug-likeness (QED) is 0.635. The molecule has 0 radical (unpaired) electrons. The Hall–Kier alpha value is -0.410. The van der Waals surface area contributed by atoms with Crippen LogP contribution in [0.3, 0.4) is 0 Å². The van der Waals surface area contributed by atoms with Crippen LogP contribution in [0.5, 0.6) is 0 Å². The molecule has 0 spiro atoms.